The molecule has 1 aromatic carbocycles. The first-order valence-electron chi connectivity index (χ1n) is 11.1. The van der Waals surface area contributed by atoms with Crippen molar-refractivity contribution < 1.29 is 4.52 Å². The van der Waals surface area contributed by atoms with Gasteiger partial charge in [-0.05, 0) is 50.3 Å². The zero-order valence-electron chi connectivity index (χ0n) is 19.5. The van der Waals surface area contributed by atoms with Gasteiger partial charge in [-0.1, -0.05) is 37.2 Å². The Labute approximate surface area is 208 Å². The van der Waals surface area contributed by atoms with E-state index in [0.29, 0.717) is 12.5 Å². The van der Waals surface area contributed by atoms with Crippen LogP contribution in [-0.4, -0.2) is 34.5 Å². The van der Waals surface area contributed by atoms with Crippen molar-refractivity contribution in [1.82, 2.24) is 25.6 Å². The predicted molar refractivity (Wildman–Crippen MR) is 140 cm³/mol. The quantitative estimate of drug-likeness (QED) is 0.161. The van der Waals surface area contributed by atoms with E-state index in [1.807, 2.05) is 28.9 Å². The van der Waals surface area contributed by atoms with Crippen LogP contribution in [-0.2, 0) is 13.0 Å². The molecule has 0 aliphatic carbocycles. The number of nitrogens with one attached hydrogen (secondary N) is 2. The number of rotatable bonds is 10. The number of hydrogen-bond acceptors (Lipinski definition) is 4. The van der Waals surface area contributed by atoms with Crippen LogP contribution >= 0.6 is 24.0 Å². The molecule has 0 atom stereocenters. The van der Waals surface area contributed by atoms with E-state index >= 15 is 0 Å². The molecule has 0 aliphatic heterocycles. The monoisotopic (exact) mass is 550 g/mol. The van der Waals surface area contributed by atoms with Crippen LogP contribution in [0.4, 0.5) is 0 Å². The average Bonchev–Trinajstić information content (AvgIpc) is 3.41. The zero-order chi connectivity index (χ0) is 22.1. The van der Waals surface area contributed by atoms with Crippen molar-refractivity contribution in [2.24, 2.45) is 4.99 Å². The fraction of sp³-hybridized carbons (Fsp3) is 0.458. The first-order chi connectivity index (χ1) is 15.1. The summed E-state index contributed by atoms with van der Waals surface area (Å²) in [6, 6.07) is 12.2. The summed E-state index contributed by atoms with van der Waals surface area (Å²) >= 11 is 0. The van der Waals surface area contributed by atoms with E-state index in [-0.39, 0.29) is 24.0 Å². The van der Waals surface area contributed by atoms with Gasteiger partial charge in [-0.15, -0.1) is 24.0 Å². The Morgan fingerprint density at radius 2 is 1.91 bits per heavy atom. The molecule has 174 valence electrons. The molecule has 7 nitrogen and oxygen atoms in total. The van der Waals surface area contributed by atoms with Gasteiger partial charge in [0, 0.05) is 31.8 Å². The molecule has 0 unspecified atom stereocenters. The number of nitrogens with zero attached hydrogens (tertiary/aromatic N) is 4. The lowest BCUT2D eigenvalue weighted by molar-refractivity contribution is 0.368. The van der Waals surface area contributed by atoms with Crippen molar-refractivity contribution in [2.45, 2.75) is 58.9 Å². The Morgan fingerprint density at radius 1 is 1.16 bits per heavy atom. The van der Waals surface area contributed by atoms with Gasteiger partial charge in [0.2, 0.25) is 0 Å². The smallest absolute Gasteiger partial charge is 0.191 e. The fourth-order valence-electron chi connectivity index (χ4n) is 3.64. The topological polar surface area (TPSA) is 80.3 Å². The van der Waals surface area contributed by atoms with E-state index in [1.54, 1.807) is 7.05 Å². The van der Waals surface area contributed by atoms with Crippen LogP contribution < -0.4 is 10.6 Å². The summed E-state index contributed by atoms with van der Waals surface area (Å²) in [6.07, 6.45) is 6.22. The van der Waals surface area contributed by atoms with E-state index in [2.05, 4.69) is 65.0 Å². The largest absolute Gasteiger partial charge is 0.359 e. The molecule has 8 heteroatoms. The second kappa shape index (κ2) is 13.2. The molecule has 0 spiro atoms. The molecule has 0 saturated carbocycles. The summed E-state index contributed by atoms with van der Waals surface area (Å²) in [7, 11) is 1.78. The minimum atomic E-state index is 0. The summed E-state index contributed by atoms with van der Waals surface area (Å²) in [4.78, 5) is 4.30. The zero-order valence-corrected chi connectivity index (χ0v) is 21.8. The number of aromatic nitrogens is 3. The minimum Gasteiger partial charge on any atom is -0.359 e. The highest BCUT2D eigenvalue weighted by Crippen LogP contribution is 2.22. The first kappa shape index (κ1) is 25.9. The fourth-order valence-corrected chi connectivity index (χ4v) is 3.64. The van der Waals surface area contributed by atoms with Crippen molar-refractivity contribution in [2.75, 3.05) is 13.6 Å². The van der Waals surface area contributed by atoms with Gasteiger partial charge in [0.25, 0.3) is 0 Å². The van der Waals surface area contributed by atoms with E-state index in [1.165, 1.54) is 5.56 Å². The van der Waals surface area contributed by atoms with Crippen LogP contribution in [0.2, 0.25) is 0 Å². The number of aliphatic imine (C=N–C) groups is 1. The highest BCUT2D eigenvalue weighted by Gasteiger charge is 2.13. The molecule has 0 amide bonds. The highest BCUT2D eigenvalue weighted by molar-refractivity contribution is 14.0. The van der Waals surface area contributed by atoms with Crippen LogP contribution in [0.25, 0.3) is 5.69 Å². The van der Waals surface area contributed by atoms with Crippen molar-refractivity contribution >= 4 is 29.9 Å². The van der Waals surface area contributed by atoms with E-state index in [9.17, 15) is 0 Å². The van der Waals surface area contributed by atoms with Gasteiger partial charge in [0.05, 0.1) is 23.6 Å². The SMILES string of the molecule is CCC(CC)c1cc(CNC(=NC)NCCCc2cn(-c3ccccc3)nc2C)on1.I. The molecule has 0 fully saturated rings. The lowest BCUT2D eigenvalue weighted by atomic mass is 9.99. The lowest BCUT2D eigenvalue weighted by Gasteiger charge is -2.10. The molecule has 32 heavy (non-hydrogen) atoms. The Hall–Kier alpha value is -2.36. The third kappa shape index (κ3) is 7.08. The van der Waals surface area contributed by atoms with E-state index in [0.717, 1.165) is 61.0 Å². The Bertz CT molecular complexity index is 962. The molecule has 3 rings (SSSR count). The molecule has 2 heterocycles. The maximum absolute atomic E-state index is 5.48. The maximum Gasteiger partial charge on any atom is 0.191 e. The molecule has 0 radical (unpaired) electrons. The Balaban J connectivity index is 0.00000363. The number of benzene rings is 1. The molecular weight excluding hydrogens is 515 g/mol. The summed E-state index contributed by atoms with van der Waals surface area (Å²) in [6.45, 7) is 7.82. The van der Waals surface area contributed by atoms with Crippen LogP contribution in [0.1, 0.15) is 61.7 Å². The van der Waals surface area contributed by atoms with Gasteiger partial charge in [-0.2, -0.15) is 5.10 Å². The average molecular weight is 550 g/mol. The Kier molecular flexibility index (Phi) is 10.7. The first-order valence-corrected chi connectivity index (χ1v) is 11.1. The summed E-state index contributed by atoms with van der Waals surface area (Å²) in [5, 5.41) is 15.5. The van der Waals surface area contributed by atoms with Crippen LogP contribution in [0.3, 0.4) is 0 Å². The summed E-state index contributed by atoms with van der Waals surface area (Å²) < 4.78 is 7.43. The van der Waals surface area contributed by atoms with Gasteiger partial charge in [0.1, 0.15) is 0 Å². The van der Waals surface area contributed by atoms with Crippen LogP contribution in [0.15, 0.2) is 52.1 Å². The van der Waals surface area contributed by atoms with Gasteiger partial charge < -0.3 is 15.2 Å². The van der Waals surface area contributed by atoms with Gasteiger partial charge >= 0.3 is 0 Å². The number of guanidine groups is 1. The third-order valence-corrected chi connectivity index (χ3v) is 5.57. The maximum atomic E-state index is 5.48. The number of para-hydroxylation sites is 1. The second-order valence-corrected chi connectivity index (χ2v) is 7.71. The van der Waals surface area contributed by atoms with Gasteiger partial charge in [0.15, 0.2) is 11.7 Å². The lowest BCUT2D eigenvalue weighted by Crippen LogP contribution is -2.37. The van der Waals surface area contributed by atoms with Gasteiger partial charge in [-0.3, -0.25) is 4.99 Å². The summed E-state index contributed by atoms with van der Waals surface area (Å²) in [5.74, 6) is 2.05. The standard InChI is InChI=1S/C24H34N6O.HI/c1-5-19(6-2)23-15-22(31-29-23)16-27-24(25-4)26-14-10-11-20-17-30(28-18(20)3)21-12-8-7-9-13-21;/h7-9,12-13,15,17,19H,5-6,10-11,14,16H2,1-4H3,(H2,25,26,27);1H. The highest BCUT2D eigenvalue weighted by atomic mass is 127. The van der Waals surface area contributed by atoms with Crippen molar-refractivity contribution in [3.63, 3.8) is 0 Å². The number of aryl methyl sites for hydroxylation is 2. The molecule has 0 saturated heterocycles. The van der Waals surface area contributed by atoms with E-state index in [4.69, 9.17) is 4.52 Å². The van der Waals surface area contributed by atoms with E-state index < -0.39 is 0 Å². The van der Waals surface area contributed by atoms with Crippen LogP contribution in [0.5, 0.6) is 0 Å². The molecule has 0 bridgehead atoms. The molecular formula is C24H35IN6O. The number of hydrogen-bond donors (Lipinski definition) is 2. The molecule has 0 aliphatic rings. The van der Waals surface area contributed by atoms with Crippen molar-refractivity contribution in [1.29, 1.82) is 0 Å². The molecule has 2 N–H and O–H groups in total. The molecule has 3 aromatic rings. The third-order valence-electron chi connectivity index (χ3n) is 5.57. The van der Waals surface area contributed by atoms with Crippen LogP contribution in [0, 0.1) is 6.92 Å². The summed E-state index contributed by atoms with van der Waals surface area (Å²) in [5.41, 5.74) is 4.46. The number of halogens is 1. The van der Waals surface area contributed by atoms with Crippen molar-refractivity contribution in [3.8, 4) is 5.69 Å². The minimum absolute atomic E-state index is 0. The normalized spacial score (nSPS) is 11.5. The van der Waals surface area contributed by atoms with Crippen molar-refractivity contribution in [3.05, 3.63) is 65.3 Å². The molecule has 2 aromatic heterocycles. The van der Waals surface area contributed by atoms with Gasteiger partial charge in [-0.25, -0.2) is 4.68 Å². The second-order valence-electron chi connectivity index (χ2n) is 7.71. The Morgan fingerprint density at radius 3 is 2.59 bits per heavy atom. The predicted octanol–water partition coefficient (Wildman–Crippen LogP) is 4.99.